The van der Waals surface area contributed by atoms with Gasteiger partial charge in [0, 0.05) is 30.4 Å². The molecule has 3 aromatic rings. The lowest BCUT2D eigenvalue weighted by Crippen LogP contribution is -2.23. The van der Waals surface area contributed by atoms with Crippen LogP contribution < -0.4 is 10.1 Å². The Labute approximate surface area is 146 Å². The van der Waals surface area contributed by atoms with Crippen molar-refractivity contribution in [3.63, 3.8) is 0 Å². The fourth-order valence-corrected chi connectivity index (χ4v) is 2.53. The fraction of sp³-hybridized carbons (Fsp3) is 0.278. The van der Waals surface area contributed by atoms with Gasteiger partial charge in [-0.05, 0) is 32.0 Å². The number of aryl methyl sites for hydroxylation is 2. The second kappa shape index (κ2) is 7.21. The van der Waals surface area contributed by atoms with Gasteiger partial charge in [0.15, 0.2) is 0 Å². The summed E-state index contributed by atoms with van der Waals surface area (Å²) in [6.45, 7) is 5.20. The van der Waals surface area contributed by atoms with E-state index in [-0.39, 0.29) is 5.91 Å². The number of H-pyrrole nitrogens is 1. The molecule has 0 saturated carbocycles. The number of amides is 1. The van der Waals surface area contributed by atoms with Crippen molar-refractivity contribution in [3.8, 4) is 17.0 Å². The average molecular weight is 339 g/mol. The maximum absolute atomic E-state index is 12.3. The van der Waals surface area contributed by atoms with Crippen molar-refractivity contribution in [1.82, 2.24) is 25.3 Å². The SMILES string of the molecule is CCn1cc(CNC(=O)c2cc(-c3cccc(OC)c3)n[nH]2)c(C)n1. The Morgan fingerprint density at radius 3 is 2.92 bits per heavy atom. The van der Waals surface area contributed by atoms with Crippen LogP contribution in [0.2, 0.25) is 0 Å². The van der Waals surface area contributed by atoms with Gasteiger partial charge in [-0.2, -0.15) is 10.2 Å². The minimum absolute atomic E-state index is 0.203. The number of carbonyl (C=O) groups excluding carboxylic acids is 1. The van der Waals surface area contributed by atoms with Crippen molar-refractivity contribution >= 4 is 5.91 Å². The van der Waals surface area contributed by atoms with Gasteiger partial charge < -0.3 is 10.1 Å². The van der Waals surface area contributed by atoms with E-state index >= 15 is 0 Å². The highest BCUT2D eigenvalue weighted by atomic mass is 16.5. The number of hydrogen-bond donors (Lipinski definition) is 2. The molecule has 2 N–H and O–H groups in total. The lowest BCUT2D eigenvalue weighted by atomic mass is 10.1. The summed E-state index contributed by atoms with van der Waals surface area (Å²) in [6, 6.07) is 9.27. The van der Waals surface area contributed by atoms with Crippen LogP contribution in [-0.2, 0) is 13.1 Å². The normalized spacial score (nSPS) is 10.7. The quantitative estimate of drug-likeness (QED) is 0.723. The van der Waals surface area contributed by atoms with Gasteiger partial charge in [0.1, 0.15) is 11.4 Å². The summed E-state index contributed by atoms with van der Waals surface area (Å²) in [4.78, 5) is 12.3. The molecule has 0 radical (unpaired) electrons. The van der Waals surface area contributed by atoms with Crippen LogP contribution >= 0.6 is 0 Å². The average Bonchev–Trinajstić information content (AvgIpc) is 3.26. The molecule has 0 unspecified atom stereocenters. The summed E-state index contributed by atoms with van der Waals surface area (Å²) < 4.78 is 7.07. The zero-order valence-corrected chi connectivity index (χ0v) is 14.5. The third kappa shape index (κ3) is 3.71. The molecule has 0 spiro atoms. The Morgan fingerprint density at radius 1 is 1.36 bits per heavy atom. The summed E-state index contributed by atoms with van der Waals surface area (Å²) in [5.41, 5.74) is 3.92. The van der Waals surface area contributed by atoms with Crippen LogP contribution in [0.1, 0.15) is 28.7 Å². The third-order valence-corrected chi connectivity index (χ3v) is 4.00. The second-order valence-corrected chi connectivity index (χ2v) is 5.68. The van der Waals surface area contributed by atoms with Gasteiger partial charge in [-0.3, -0.25) is 14.6 Å². The molecule has 7 heteroatoms. The van der Waals surface area contributed by atoms with Crippen molar-refractivity contribution in [2.75, 3.05) is 7.11 Å². The molecule has 0 aliphatic rings. The number of benzene rings is 1. The summed E-state index contributed by atoms with van der Waals surface area (Å²) in [5, 5.41) is 14.3. The number of carbonyl (C=O) groups is 1. The van der Waals surface area contributed by atoms with E-state index in [4.69, 9.17) is 4.74 Å². The van der Waals surface area contributed by atoms with Crippen molar-refractivity contribution < 1.29 is 9.53 Å². The molecular formula is C18H21N5O2. The molecule has 0 saturated heterocycles. The Kier molecular flexibility index (Phi) is 4.83. The van der Waals surface area contributed by atoms with Crippen molar-refractivity contribution in [2.45, 2.75) is 26.9 Å². The minimum atomic E-state index is -0.203. The number of methoxy groups -OCH3 is 1. The largest absolute Gasteiger partial charge is 0.497 e. The molecule has 0 fully saturated rings. The highest BCUT2D eigenvalue weighted by Gasteiger charge is 2.12. The van der Waals surface area contributed by atoms with E-state index in [1.54, 1.807) is 13.2 Å². The molecular weight excluding hydrogens is 318 g/mol. The molecule has 25 heavy (non-hydrogen) atoms. The van der Waals surface area contributed by atoms with Gasteiger partial charge in [-0.1, -0.05) is 12.1 Å². The number of rotatable bonds is 6. The van der Waals surface area contributed by atoms with E-state index in [9.17, 15) is 4.79 Å². The first kappa shape index (κ1) is 16.8. The Balaban J connectivity index is 1.69. The molecule has 1 aromatic carbocycles. The van der Waals surface area contributed by atoms with Gasteiger partial charge in [-0.25, -0.2) is 0 Å². The summed E-state index contributed by atoms with van der Waals surface area (Å²) in [6.07, 6.45) is 1.95. The van der Waals surface area contributed by atoms with Crippen molar-refractivity contribution in [2.24, 2.45) is 0 Å². The van der Waals surface area contributed by atoms with Gasteiger partial charge >= 0.3 is 0 Å². The van der Waals surface area contributed by atoms with Crippen LogP contribution in [0.3, 0.4) is 0 Å². The summed E-state index contributed by atoms with van der Waals surface area (Å²) in [7, 11) is 1.62. The zero-order chi connectivity index (χ0) is 17.8. The molecule has 3 rings (SSSR count). The molecule has 0 aliphatic carbocycles. The molecule has 7 nitrogen and oxygen atoms in total. The first-order valence-electron chi connectivity index (χ1n) is 8.11. The van der Waals surface area contributed by atoms with Crippen LogP contribution in [0.5, 0.6) is 5.75 Å². The van der Waals surface area contributed by atoms with Gasteiger partial charge in [0.25, 0.3) is 5.91 Å². The third-order valence-electron chi connectivity index (χ3n) is 4.00. The van der Waals surface area contributed by atoms with E-state index in [2.05, 4.69) is 20.6 Å². The zero-order valence-electron chi connectivity index (χ0n) is 14.5. The highest BCUT2D eigenvalue weighted by molar-refractivity contribution is 5.93. The fourth-order valence-electron chi connectivity index (χ4n) is 2.53. The molecule has 130 valence electrons. The van der Waals surface area contributed by atoms with E-state index < -0.39 is 0 Å². The van der Waals surface area contributed by atoms with Gasteiger partial charge in [0.05, 0.1) is 18.5 Å². The molecule has 0 atom stereocenters. The van der Waals surface area contributed by atoms with E-state index in [1.165, 1.54) is 0 Å². The minimum Gasteiger partial charge on any atom is -0.497 e. The smallest absolute Gasteiger partial charge is 0.269 e. The predicted octanol–water partition coefficient (Wildman–Crippen LogP) is 2.54. The first-order chi connectivity index (χ1) is 12.1. The molecule has 2 heterocycles. The molecule has 2 aromatic heterocycles. The highest BCUT2D eigenvalue weighted by Crippen LogP contribution is 2.22. The predicted molar refractivity (Wildman–Crippen MR) is 94.4 cm³/mol. The second-order valence-electron chi connectivity index (χ2n) is 5.68. The number of ether oxygens (including phenoxy) is 1. The number of nitrogens with zero attached hydrogens (tertiary/aromatic N) is 3. The van der Waals surface area contributed by atoms with Crippen LogP contribution in [0, 0.1) is 6.92 Å². The maximum Gasteiger partial charge on any atom is 0.269 e. The van der Waals surface area contributed by atoms with Crippen LogP contribution in [0.15, 0.2) is 36.5 Å². The molecule has 0 bridgehead atoms. The number of nitrogens with one attached hydrogen (secondary N) is 2. The topological polar surface area (TPSA) is 84.8 Å². The summed E-state index contributed by atoms with van der Waals surface area (Å²) in [5.74, 6) is 0.542. The summed E-state index contributed by atoms with van der Waals surface area (Å²) >= 11 is 0. The number of aromatic amines is 1. The van der Waals surface area contributed by atoms with Gasteiger partial charge in [-0.15, -0.1) is 0 Å². The van der Waals surface area contributed by atoms with Crippen LogP contribution in [0.25, 0.3) is 11.3 Å². The van der Waals surface area contributed by atoms with Crippen LogP contribution in [0.4, 0.5) is 0 Å². The lowest BCUT2D eigenvalue weighted by molar-refractivity contribution is 0.0946. The number of aromatic nitrogens is 4. The number of hydrogen-bond acceptors (Lipinski definition) is 4. The Hall–Kier alpha value is -3.09. The van der Waals surface area contributed by atoms with Crippen LogP contribution in [-0.4, -0.2) is 33.0 Å². The Morgan fingerprint density at radius 2 is 2.20 bits per heavy atom. The van der Waals surface area contributed by atoms with Crippen molar-refractivity contribution in [1.29, 1.82) is 0 Å². The lowest BCUT2D eigenvalue weighted by Gasteiger charge is -2.02. The van der Waals surface area contributed by atoms with E-state index in [1.807, 2.05) is 49.0 Å². The van der Waals surface area contributed by atoms with Gasteiger partial charge in [0.2, 0.25) is 0 Å². The van der Waals surface area contributed by atoms with E-state index in [0.717, 1.165) is 29.1 Å². The van der Waals surface area contributed by atoms with Crippen molar-refractivity contribution in [3.05, 3.63) is 53.5 Å². The molecule has 1 amide bonds. The van der Waals surface area contributed by atoms with E-state index in [0.29, 0.717) is 17.9 Å². The first-order valence-corrected chi connectivity index (χ1v) is 8.11. The monoisotopic (exact) mass is 339 g/mol. The standard InChI is InChI=1S/C18H21N5O2/c1-4-23-11-14(12(2)22-23)10-19-18(24)17-9-16(20-21-17)13-6-5-7-15(8-13)25-3/h5-9,11H,4,10H2,1-3H3,(H,19,24)(H,20,21). The molecule has 0 aliphatic heterocycles. The maximum atomic E-state index is 12.3. The Bertz CT molecular complexity index is 881.